The number of rotatable bonds is 2. The molecule has 0 atom stereocenters. The lowest BCUT2D eigenvalue weighted by Crippen LogP contribution is -2.43. The molecule has 1 aromatic carbocycles. The number of hydrogen-bond donors (Lipinski definition) is 0. The highest BCUT2D eigenvalue weighted by molar-refractivity contribution is 5.75. The molecule has 5 nitrogen and oxygen atoms in total. The second-order valence-electron chi connectivity index (χ2n) is 4.98. The molecular formula is C15H9F4N3O2. The Morgan fingerprint density at radius 2 is 1.83 bits per heavy atom. The predicted molar refractivity (Wildman–Crippen MR) is 77.6 cm³/mol. The van der Waals surface area contributed by atoms with Gasteiger partial charge in [0.05, 0.1) is 11.1 Å². The zero-order valence-corrected chi connectivity index (χ0v) is 11.9. The molecule has 0 bridgehead atoms. The second kappa shape index (κ2) is 5.59. The molecule has 0 spiro atoms. The minimum absolute atomic E-state index is 0.0281. The van der Waals surface area contributed by atoms with Crippen molar-refractivity contribution in [3.05, 3.63) is 69.3 Å². The molecule has 24 heavy (non-hydrogen) atoms. The van der Waals surface area contributed by atoms with E-state index in [-0.39, 0.29) is 21.3 Å². The van der Waals surface area contributed by atoms with E-state index in [1.165, 1.54) is 30.5 Å². The fourth-order valence-electron chi connectivity index (χ4n) is 2.35. The van der Waals surface area contributed by atoms with Gasteiger partial charge in [-0.25, -0.2) is 18.7 Å². The molecular weight excluding hydrogens is 330 g/mol. The van der Waals surface area contributed by atoms with Crippen LogP contribution in [0.4, 0.5) is 17.6 Å². The van der Waals surface area contributed by atoms with Gasteiger partial charge in [-0.15, -0.1) is 0 Å². The first-order chi connectivity index (χ1) is 11.3. The van der Waals surface area contributed by atoms with E-state index >= 15 is 0 Å². The summed E-state index contributed by atoms with van der Waals surface area (Å²) in [5.74, 6) is -0.683. The highest BCUT2D eigenvalue weighted by atomic mass is 19.4. The van der Waals surface area contributed by atoms with Gasteiger partial charge in [-0.05, 0) is 30.3 Å². The van der Waals surface area contributed by atoms with Gasteiger partial charge in [0.15, 0.2) is 5.65 Å². The van der Waals surface area contributed by atoms with Crippen molar-refractivity contribution in [3.63, 3.8) is 0 Å². The molecule has 124 valence electrons. The van der Waals surface area contributed by atoms with Gasteiger partial charge in [-0.2, -0.15) is 13.2 Å². The maximum Gasteiger partial charge on any atom is 0.406 e. The van der Waals surface area contributed by atoms with E-state index in [0.717, 1.165) is 16.7 Å². The first-order valence-electron chi connectivity index (χ1n) is 6.71. The number of halogens is 4. The van der Waals surface area contributed by atoms with Crippen molar-refractivity contribution in [1.29, 1.82) is 0 Å². The molecule has 0 amide bonds. The highest BCUT2D eigenvalue weighted by Crippen LogP contribution is 2.17. The van der Waals surface area contributed by atoms with Crippen LogP contribution in [0.15, 0.2) is 52.2 Å². The van der Waals surface area contributed by atoms with Crippen molar-refractivity contribution in [2.45, 2.75) is 12.7 Å². The van der Waals surface area contributed by atoms with Crippen LogP contribution in [0, 0.1) is 5.82 Å². The van der Waals surface area contributed by atoms with E-state index in [4.69, 9.17) is 0 Å². The Morgan fingerprint density at radius 1 is 1.08 bits per heavy atom. The van der Waals surface area contributed by atoms with Crippen molar-refractivity contribution in [3.8, 4) is 5.69 Å². The fraction of sp³-hybridized carbons (Fsp3) is 0.133. The van der Waals surface area contributed by atoms with Gasteiger partial charge in [0.2, 0.25) is 0 Å². The Bertz CT molecular complexity index is 1040. The molecule has 0 N–H and O–H groups in total. The fourth-order valence-corrected chi connectivity index (χ4v) is 2.35. The summed E-state index contributed by atoms with van der Waals surface area (Å²) in [5, 5.41) is -0.175. The van der Waals surface area contributed by atoms with Gasteiger partial charge in [0.25, 0.3) is 5.56 Å². The summed E-state index contributed by atoms with van der Waals surface area (Å²) < 4.78 is 52.4. The summed E-state index contributed by atoms with van der Waals surface area (Å²) in [6, 6.07) is 7.34. The summed E-state index contributed by atoms with van der Waals surface area (Å²) >= 11 is 0. The molecule has 0 radical (unpaired) electrons. The van der Waals surface area contributed by atoms with Crippen LogP contribution >= 0.6 is 0 Å². The molecule has 0 aliphatic heterocycles. The van der Waals surface area contributed by atoms with E-state index in [0.29, 0.717) is 0 Å². The van der Waals surface area contributed by atoms with Crippen LogP contribution in [-0.4, -0.2) is 20.3 Å². The van der Waals surface area contributed by atoms with Crippen LogP contribution < -0.4 is 11.2 Å². The van der Waals surface area contributed by atoms with Crippen molar-refractivity contribution in [1.82, 2.24) is 14.1 Å². The average Bonchev–Trinajstić information content (AvgIpc) is 2.51. The zero-order valence-electron chi connectivity index (χ0n) is 11.9. The van der Waals surface area contributed by atoms with Crippen LogP contribution in [0.25, 0.3) is 16.7 Å². The Kier molecular flexibility index (Phi) is 3.70. The molecule has 2 heterocycles. The van der Waals surface area contributed by atoms with Crippen LogP contribution in [0.2, 0.25) is 0 Å². The van der Waals surface area contributed by atoms with Gasteiger partial charge in [-0.1, -0.05) is 6.07 Å². The van der Waals surface area contributed by atoms with Gasteiger partial charge in [-0.3, -0.25) is 9.36 Å². The SMILES string of the molecule is O=c1c2cccnc2n(-c2cccc(F)c2)c(=O)n1CC(F)(F)F. The second-order valence-corrected chi connectivity index (χ2v) is 4.98. The lowest BCUT2D eigenvalue weighted by atomic mass is 10.2. The van der Waals surface area contributed by atoms with Crippen LogP contribution in [0.1, 0.15) is 0 Å². The maximum absolute atomic E-state index is 13.5. The van der Waals surface area contributed by atoms with Crippen molar-refractivity contribution < 1.29 is 17.6 Å². The number of nitrogens with zero attached hydrogens (tertiary/aromatic N) is 3. The number of pyridine rings is 1. The standard InChI is InChI=1S/C15H9F4N3O2/c16-9-3-1-4-10(7-9)22-12-11(5-2-6-20-12)13(23)21(14(22)24)8-15(17,18)19/h1-7H,8H2. The minimum Gasteiger partial charge on any atom is -0.268 e. The Balaban J connectivity index is 2.44. The van der Waals surface area contributed by atoms with E-state index in [1.807, 2.05) is 0 Å². The molecule has 9 heteroatoms. The third-order valence-corrected chi connectivity index (χ3v) is 3.30. The molecule has 0 aliphatic rings. The van der Waals surface area contributed by atoms with Gasteiger partial charge in [0, 0.05) is 6.20 Å². The third kappa shape index (κ3) is 2.80. The van der Waals surface area contributed by atoms with E-state index in [2.05, 4.69) is 4.98 Å². The topological polar surface area (TPSA) is 56.9 Å². The Labute approximate surface area is 131 Å². The number of hydrogen-bond acceptors (Lipinski definition) is 3. The lowest BCUT2D eigenvalue weighted by molar-refractivity contribution is -0.141. The van der Waals surface area contributed by atoms with Gasteiger partial charge >= 0.3 is 11.9 Å². The van der Waals surface area contributed by atoms with Crippen LogP contribution in [-0.2, 0) is 6.54 Å². The first-order valence-corrected chi connectivity index (χ1v) is 6.71. The smallest absolute Gasteiger partial charge is 0.268 e. The summed E-state index contributed by atoms with van der Waals surface area (Å²) in [5.41, 5.74) is -2.52. The van der Waals surface area contributed by atoms with Crippen LogP contribution in [0.5, 0.6) is 0 Å². The number of alkyl halides is 3. The number of fused-ring (bicyclic) bond motifs is 1. The monoisotopic (exact) mass is 339 g/mol. The molecule has 0 saturated heterocycles. The molecule has 0 unspecified atom stereocenters. The summed E-state index contributed by atoms with van der Waals surface area (Å²) in [6.45, 7) is -1.75. The molecule has 0 saturated carbocycles. The third-order valence-electron chi connectivity index (χ3n) is 3.30. The highest BCUT2D eigenvalue weighted by Gasteiger charge is 2.31. The van der Waals surface area contributed by atoms with Crippen LogP contribution in [0.3, 0.4) is 0 Å². The van der Waals surface area contributed by atoms with E-state index in [1.54, 1.807) is 0 Å². The van der Waals surface area contributed by atoms with Crippen molar-refractivity contribution in [2.24, 2.45) is 0 Å². The van der Waals surface area contributed by atoms with Crippen molar-refractivity contribution in [2.75, 3.05) is 0 Å². The summed E-state index contributed by atoms with van der Waals surface area (Å²) in [7, 11) is 0. The number of aromatic nitrogens is 3. The maximum atomic E-state index is 13.5. The summed E-state index contributed by atoms with van der Waals surface area (Å²) in [6.07, 6.45) is -3.48. The average molecular weight is 339 g/mol. The number of benzene rings is 1. The summed E-state index contributed by atoms with van der Waals surface area (Å²) in [4.78, 5) is 28.6. The predicted octanol–water partition coefficient (Wildman–Crippen LogP) is 2.25. The zero-order chi connectivity index (χ0) is 17.5. The quantitative estimate of drug-likeness (QED) is 0.673. The van der Waals surface area contributed by atoms with E-state index in [9.17, 15) is 27.2 Å². The van der Waals surface area contributed by atoms with Gasteiger partial charge in [0.1, 0.15) is 12.4 Å². The normalized spacial score (nSPS) is 11.8. The Morgan fingerprint density at radius 3 is 2.50 bits per heavy atom. The largest absolute Gasteiger partial charge is 0.406 e. The molecule has 0 fully saturated rings. The lowest BCUT2D eigenvalue weighted by Gasteiger charge is -2.14. The van der Waals surface area contributed by atoms with Gasteiger partial charge < -0.3 is 0 Å². The van der Waals surface area contributed by atoms with E-state index < -0.39 is 29.8 Å². The molecule has 3 rings (SSSR count). The Hall–Kier alpha value is -2.97. The molecule has 0 aliphatic carbocycles. The first kappa shape index (κ1) is 15.9. The molecule has 2 aromatic heterocycles. The molecule has 3 aromatic rings. The van der Waals surface area contributed by atoms with Crippen molar-refractivity contribution >= 4 is 11.0 Å². The minimum atomic E-state index is -4.77.